The summed E-state index contributed by atoms with van der Waals surface area (Å²) in [5.41, 5.74) is 6.02. The maximum atomic E-state index is 12.5. The van der Waals surface area contributed by atoms with Crippen molar-refractivity contribution in [1.82, 2.24) is 10.2 Å². The van der Waals surface area contributed by atoms with Crippen molar-refractivity contribution in [3.63, 3.8) is 0 Å². The van der Waals surface area contributed by atoms with Crippen LogP contribution >= 0.6 is 24.8 Å². The summed E-state index contributed by atoms with van der Waals surface area (Å²) in [5.74, 6) is 0.220. The van der Waals surface area contributed by atoms with Gasteiger partial charge in [-0.15, -0.1) is 24.8 Å². The van der Waals surface area contributed by atoms with Crippen LogP contribution in [0, 0.1) is 5.92 Å². The van der Waals surface area contributed by atoms with E-state index in [1.165, 1.54) is 12.8 Å². The molecule has 1 saturated heterocycles. The second-order valence-corrected chi connectivity index (χ2v) is 7.35. The maximum absolute atomic E-state index is 12.5. The van der Waals surface area contributed by atoms with Gasteiger partial charge in [0.25, 0.3) is 0 Å². The molecular formula is C16H31Cl2N3O. The lowest BCUT2D eigenvalue weighted by Gasteiger charge is -2.39. The molecule has 2 saturated carbocycles. The zero-order valence-electron chi connectivity index (χ0n) is 13.6. The summed E-state index contributed by atoms with van der Waals surface area (Å²) in [7, 11) is 0. The van der Waals surface area contributed by atoms with Gasteiger partial charge in [0.2, 0.25) is 5.91 Å². The fraction of sp³-hybridized carbons (Fsp3) is 0.938. The Hall–Kier alpha value is -0.0300. The van der Waals surface area contributed by atoms with E-state index in [0.29, 0.717) is 6.04 Å². The molecule has 0 bridgehead atoms. The van der Waals surface area contributed by atoms with E-state index in [9.17, 15) is 4.79 Å². The summed E-state index contributed by atoms with van der Waals surface area (Å²) in [6.07, 6.45) is 9.22. The average molecular weight is 352 g/mol. The normalized spacial score (nSPS) is 33.5. The number of halogens is 2. The van der Waals surface area contributed by atoms with Crippen molar-refractivity contribution >= 4 is 30.7 Å². The first-order chi connectivity index (χ1) is 9.56. The molecule has 3 N–H and O–H groups in total. The summed E-state index contributed by atoms with van der Waals surface area (Å²) in [6.45, 7) is 4.35. The number of nitrogens with one attached hydrogen (secondary N) is 1. The van der Waals surface area contributed by atoms with Gasteiger partial charge in [-0.1, -0.05) is 12.8 Å². The molecule has 4 nitrogen and oxygen atoms in total. The number of hydrogen-bond acceptors (Lipinski definition) is 3. The Morgan fingerprint density at radius 3 is 2.27 bits per heavy atom. The van der Waals surface area contributed by atoms with Crippen LogP contribution in [0.3, 0.4) is 0 Å². The van der Waals surface area contributed by atoms with Crippen LogP contribution < -0.4 is 11.1 Å². The van der Waals surface area contributed by atoms with Crippen LogP contribution in [0.4, 0.5) is 0 Å². The topological polar surface area (TPSA) is 58.4 Å². The molecule has 0 aromatic carbocycles. The van der Waals surface area contributed by atoms with Crippen molar-refractivity contribution in [1.29, 1.82) is 0 Å². The summed E-state index contributed by atoms with van der Waals surface area (Å²) in [5, 5.41) is 3.28. The summed E-state index contributed by atoms with van der Waals surface area (Å²) < 4.78 is 0. The van der Waals surface area contributed by atoms with Crippen LogP contribution in [-0.2, 0) is 4.79 Å². The molecule has 3 aliphatic rings. The molecule has 0 radical (unpaired) electrons. The first-order valence-electron chi connectivity index (χ1n) is 8.39. The molecule has 1 heterocycles. The summed E-state index contributed by atoms with van der Waals surface area (Å²) in [4.78, 5) is 15.1. The van der Waals surface area contributed by atoms with E-state index in [0.717, 1.165) is 57.7 Å². The third kappa shape index (κ3) is 4.73. The van der Waals surface area contributed by atoms with Crippen LogP contribution in [0.1, 0.15) is 58.3 Å². The second kappa shape index (κ2) is 8.18. The van der Waals surface area contributed by atoms with E-state index in [2.05, 4.69) is 10.2 Å². The number of carbonyl (C=O) groups is 1. The predicted molar refractivity (Wildman–Crippen MR) is 94.8 cm³/mol. The van der Waals surface area contributed by atoms with E-state index in [1.807, 2.05) is 6.92 Å². The van der Waals surface area contributed by atoms with Gasteiger partial charge in [0.05, 0.1) is 5.92 Å². The van der Waals surface area contributed by atoms with Gasteiger partial charge in [0.1, 0.15) is 0 Å². The maximum Gasteiger partial charge on any atom is 0.225 e. The number of piperidine rings is 1. The molecule has 0 spiro atoms. The van der Waals surface area contributed by atoms with Crippen LogP contribution in [-0.4, -0.2) is 41.5 Å². The van der Waals surface area contributed by atoms with Gasteiger partial charge in [0, 0.05) is 30.7 Å². The highest BCUT2D eigenvalue weighted by Crippen LogP contribution is 2.32. The number of carbonyl (C=O) groups excluding carboxylic acids is 1. The van der Waals surface area contributed by atoms with Gasteiger partial charge >= 0.3 is 0 Å². The van der Waals surface area contributed by atoms with Crippen molar-refractivity contribution in [3.05, 3.63) is 0 Å². The fourth-order valence-corrected chi connectivity index (χ4v) is 3.94. The lowest BCUT2D eigenvalue weighted by atomic mass is 9.74. The van der Waals surface area contributed by atoms with Crippen molar-refractivity contribution in [2.45, 2.75) is 75.9 Å². The van der Waals surface area contributed by atoms with Crippen molar-refractivity contribution < 1.29 is 4.79 Å². The zero-order chi connectivity index (χ0) is 14.2. The Morgan fingerprint density at radius 2 is 1.73 bits per heavy atom. The molecule has 2 unspecified atom stereocenters. The molecule has 2 atom stereocenters. The Bertz CT molecular complexity index is 366. The predicted octanol–water partition coefficient (Wildman–Crippen LogP) is 2.48. The standard InChI is InChI=1S/C16H29N3O.2ClH/c1-16(17)9-3-2-4-14(16)15(20)18-12-7-10-19(11-8-12)13-5-6-13;;/h12-14H,2-11,17H2,1H3,(H,18,20);2*1H. The van der Waals surface area contributed by atoms with Crippen LogP contribution in [0.15, 0.2) is 0 Å². The molecule has 1 amide bonds. The molecule has 0 aromatic heterocycles. The van der Waals surface area contributed by atoms with Crippen molar-refractivity contribution in [2.24, 2.45) is 11.7 Å². The van der Waals surface area contributed by atoms with Gasteiger partial charge in [0.15, 0.2) is 0 Å². The van der Waals surface area contributed by atoms with Crippen LogP contribution in [0.5, 0.6) is 0 Å². The van der Waals surface area contributed by atoms with Crippen LogP contribution in [0.2, 0.25) is 0 Å². The molecule has 3 rings (SSSR count). The second-order valence-electron chi connectivity index (χ2n) is 7.35. The van der Waals surface area contributed by atoms with Gasteiger partial charge in [-0.3, -0.25) is 4.79 Å². The molecule has 0 aromatic rings. The van der Waals surface area contributed by atoms with Crippen molar-refractivity contribution in [2.75, 3.05) is 13.1 Å². The van der Waals surface area contributed by atoms with Gasteiger partial charge in [-0.25, -0.2) is 0 Å². The average Bonchev–Trinajstić information content (AvgIpc) is 3.23. The fourth-order valence-electron chi connectivity index (χ4n) is 3.94. The van der Waals surface area contributed by atoms with E-state index in [1.54, 1.807) is 0 Å². The molecule has 2 aliphatic carbocycles. The minimum Gasteiger partial charge on any atom is -0.353 e. The highest BCUT2D eigenvalue weighted by Gasteiger charge is 2.39. The van der Waals surface area contributed by atoms with E-state index in [4.69, 9.17) is 5.73 Å². The molecular weight excluding hydrogens is 321 g/mol. The molecule has 1 aliphatic heterocycles. The molecule has 6 heteroatoms. The highest BCUT2D eigenvalue weighted by atomic mass is 35.5. The Balaban J connectivity index is 0.00000121. The van der Waals surface area contributed by atoms with Gasteiger partial charge in [-0.05, 0) is 45.4 Å². The van der Waals surface area contributed by atoms with E-state index >= 15 is 0 Å². The minimum absolute atomic E-state index is 0. The zero-order valence-corrected chi connectivity index (χ0v) is 15.2. The number of rotatable bonds is 3. The molecule has 130 valence electrons. The van der Waals surface area contributed by atoms with E-state index in [-0.39, 0.29) is 42.2 Å². The highest BCUT2D eigenvalue weighted by molar-refractivity contribution is 5.85. The summed E-state index contributed by atoms with van der Waals surface area (Å²) in [6, 6.07) is 1.23. The van der Waals surface area contributed by atoms with Gasteiger partial charge < -0.3 is 16.0 Å². The molecule has 3 fully saturated rings. The number of hydrogen-bond donors (Lipinski definition) is 2. The number of amides is 1. The quantitative estimate of drug-likeness (QED) is 0.820. The largest absolute Gasteiger partial charge is 0.353 e. The molecule has 22 heavy (non-hydrogen) atoms. The number of nitrogens with zero attached hydrogens (tertiary/aromatic N) is 1. The first-order valence-corrected chi connectivity index (χ1v) is 8.39. The Labute approximate surface area is 146 Å². The number of nitrogens with two attached hydrogens (primary N) is 1. The summed E-state index contributed by atoms with van der Waals surface area (Å²) >= 11 is 0. The lowest BCUT2D eigenvalue weighted by Crippen LogP contribution is -2.55. The first kappa shape index (κ1) is 20.0. The SMILES string of the molecule is CC1(N)CCCCC1C(=O)NC1CCN(C2CC2)CC1.Cl.Cl. The monoisotopic (exact) mass is 351 g/mol. The van der Waals surface area contributed by atoms with Crippen molar-refractivity contribution in [3.8, 4) is 0 Å². The number of likely N-dealkylation sites (tertiary alicyclic amines) is 1. The third-order valence-electron chi connectivity index (χ3n) is 5.51. The lowest BCUT2D eigenvalue weighted by molar-refractivity contribution is -0.129. The van der Waals surface area contributed by atoms with Gasteiger partial charge in [-0.2, -0.15) is 0 Å². The Morgan fingerprint density at radius 1 is 1.09 bits per heavy atom. The third-order valence-corrected chi connectivity index (χ3v) is 5.51. The Kier molecular flexibility index (Phi) is 7.44. The van der Waals surface area contributed by atoms with E-state index < -0.39 is 0 Å². The van der Waals surface area contributed by atoms with Crippen LogP contribution in [0.25, 0.3) is 0 Å². The smallest absolute Gasteiger partial charge is 0.225 e. The minimum atomic E-state index is -0.308.